The Hall–Kier alpha value is -1.94. The monoisotopic (exact) mass is 462 g/mol. The lowest BCUT2D eigenvalue weighted by Crippen LogP contribution is -2.51. The molecule has 1 aliphatic rings. The topological polar surface area (TPSA) is 74.8 Å². The van der Waals surface area contributed by atoms with Crippen molar-refractivity contribution in [1.82, 2.24) is 20.1 Å². The standard InChI is InChI=1S/C22H30N4O3S2/c1-17-24-19(15-30-17)16-31-20-6-4-18(5-7-20)22(28)26-11-9-25(10-12-26)14-21(27)23-8-3-13-29-2/h4-7,15H,3,8-14,16H2,1-2H3,(H,23,27). The number of ether oxygens (including phenoxy) is 1. The van der Waals surface area contributed by atoms with Gasteiger partial charge in [0.2, 0.25) is 5.91 Å². The molecule has 0 radical (unpaired) electrons. The van der Waals surface area contributed by atoms with E-state index >= 15 is 0 Å². The maximum Gasteiger partial charge on any atom is 0.253 e. The third-order valence-corrected chi connectivity index (χ3v) is 6.90. The summed E-state index contributed by atoms with van der Waals surface area (Å²) in [7, 11) is 1.65. The minimum atomic E-state index is 0.0248. The number of nitrogens with zero attached hydrogens (tertiary/aromatic N) is 3. The normalized spacial score (nSPS) is 14.6. The molecular formula is C22H30N4O3S2. The second kappa shape index (κ2) is 12.2. The number of benzene rings is 1. The van der Waals surface area contributed by atoms with Gasteiger partial charge in [-0.3, -0.25) is 14.5 Å². The van der Waals surface area contributed by atoms with Crippen LogP contribution in [0.3, 0.4) is 0 Å². The average molecular weight is 463 g/mol. The molecule has 1 fully saturated rings. The van der Waals surface area contributed by atoms with Gasteiger partial charge in [0.1, 0.15) is 0 Å². The lowest BCUT2D eigenvalue weighted by Gasteiger charge is -2.34. The van der Waals surface area contributed by atoms with E-state index in [9.17, 15) is 9.59 Å². The number of nitrogens with one attached hydrogen (secondary N) is 1. The first-order valence-electron chi connectivity index (χ1n) is 10.5. The zero-order chi connectivity index (χ0) is 22.1. The van der Waals surface area contributed by atoms with E-state index in [1.807, 2.05) is 36.1 Å². The van der Waals surface area contributed by atoms with Crippen molar-refractivity contribution in [1.29, 1.82) is 0 Å². The van der Waals surface area contributed by atoms with E-state index in [0.29, 0.717) is 51.4 Å². The number of carbonyl (C=O) groups excluding carboxylic acids is 2. The lowest BCUT2D eigenvalue weighted by atomic mass is 10.2. The van der Waals surface area contributed by atoms with Gasteiger partial charge < -0.3 is 15.0 Å². The summed E-state index contributed by atoms with van der Waals surface area (Å²) in [6.45, 7) is 6.34. The van der Waals surface area contributed by atoms with Gasteiger partial charge in [0.25, 0.3) is 5.91 Å². The van der Waals surface area contributed by atoms with Gasteiger partial charge in [-0.25, -0.2) is 4.98 Å². The molecule has 0 atom stereocenters. The quantitative estimate of drug-likeness (QED) is 0.432. The number of carbonyl (C=O) groups is 2. The Bertz CT molecular complexity index is 849. The first-order chi connectivity index (χ1) is 15.0. The minimum absolute atomic E-state index is 0.0248. The summed E-state index contributed by atoms with van der Waals surface area (Å²) in [5.41, 5.74) is 1.80. The molecule has 3 rings (SSSR count). The highest BCUT2D eigenvalue weighted by atomic mass is 32.2. The molecule has 168 valence electrons. The largest absolute Gasteiger partial charge is 0.385 e. The molecule has 2 heterocycles. The summed E-state index contributed by atoms with van der Waals surface area (Å²) in [4.78, 5) is 34.4. The van der Waals surface area contributed by atoms with E-state index in [1.165, 1.54) is 0 Å². The number of aryl methyl sites for hydroxylation is 1. The van der Waals surface area contributed by atoms with Crippen molar-refractivity contribution in [3.63, 3.8) is 0 Å². The Morgan fingerprint density at radius 1 is 1.19 bits per heavy atom. The van der Waals surface area contributed by atoms with Gasteiger partial charge in [-0.1, -0.05) is 0 Å². The maximum absolute atomic E-state index is 12.8. The highest BCUT2D eigenvalue weighted by molar-refractivity contribution is 7.98. The predicted molar refractivity (Wildman–Crippen MR) is 125 cm³/mol. The smallest absolute Gasteiger partial charge is 0.253 e. The maximum atomic E-state index is 12.8. The zero-order valence-electron chi connectivity index (χ0n) is 18.1. The van der Waals surface area contributed by atoms with Crippen molar-refractivity contribution in [2.45, 2.75) is 24.0 Å². The second-order valence-electron chi connectivity index (χ2n) is 7.44. The highest BCUT2D eigenvalue weighted by Gasteiger charge is 2.23. The number of piperazine rings is 1. The van der Waals surface area contributed by atoms with Crippen LogP contribution in [-0.2, 0) is 15.3 Å². The molecule has 0 spiro atoms. The summed E-state index contributed by atoms with van der Waals surface area (Å²) in [5.74, 6) is 0.909. The molecule has 7 nitrogen and oxygen atoms in total. The van der Waals surface area contributed by atoms with Gasteiger partial charge in [-0.15, -0.1) is 23.1 Å². The SMILES string of the molecule is COCCCNC(=O)CN1CCN(C(=O)c2ccc(SCc3csc(C)n3)cc2)CC1. The molecule has 1 saturated heterocycles. The molecule has 1 N–H and O–H groups in total. The van der Waals surface area contributed by atoms with Crippen LogP contribution in [0, 0.1) is 6.92 Å². The molecular weight excluding hydrogens is 432 g/mol. The molecule has 1 aliphatic heterocycles. The third kappa shape index (κ3) is 7.60. The van der Waals surface area contributed by atoms with Crippen LogP contribution in [0.1, 0.15) is 27.5 Å². The van der Waals surface area contributed by atoms with Crippen LogP contribution in [0.4, 0.5) is 0 Å². The van der Waals surface area contributed by atoms with Crippen LogP contribution in [0.15, 0.2) is 34.5 Å². The lowest BCUT2D eigenvalue weighted by molar-refractivity contribution is -0.122. The van der Waals surface area contributed by atoms with E-state index in [4.69, 9.17) is 4.74 Å². The Morgan fingerprint density at radius 3 is 2.58 bits per heavy atom. The molecule has 0 saturated carbocycles. The first-order valence-corrected chi connectivity index (χ1v) is 12.3. The molecule has 0 unspecified atom stereocenters. The minimum Gasteiger partial charge on any atom is -0.385 e. The van der Waals surface area contributed by atoms with Crippen LogP contribution in [0.25, 0.3) is 0 Å². The van der Waals surface area contributed by atoms with E-state index < -0.39 is 0 Å². The molecule has 0 aliphatic carbocycles. The van der Waals surface area contributed by atoms with Gasteiger partial charge in [0, 0.05) is 68.0 Å². The van der Waals surface area contributed by atoms with Crippen molar-refractivity contribution in [2.75, 3.05) is 53.0 Å². The number of thioether (sulfide) groups is 1. The summed E-state index contributed by atoms with van der Waals surface area (Å²) in [6, 6.07) is 7.80. The Kier molecular flexibility index (Phi) is 9.32. The van der Waals surface area contributed by atoms with Crippen molar-refractivity contribution < 1.29 is 14.3 Å². The van der Waals surface area contributed by atoms with Crippen molar-refractivity contribution in [2.24, 2.45) is 0 Å². The first kappa shape index (κ1) is 23.7. The fourth-order valence-corrected chi connectivity index (χ4v) is 4.83. The van der Waals surface area contributed by atoms with Crippen LogP contribution in [0.5, 0.6) is 0 Å². The van der Waals surface area contributed by atoms with E-state index in [2.05, 4.69) is 20.6 Å². The van der Waals surface area contributed by atoms with Crippen molar-refractivity contribution >= 4 is 34.9 Å². The van der Waals surface area contributed by atoms with E-state index in [0.717, 1.165) is 27.8 Å². The molecule has 2 amide bonds. The van der Waals surface area contributed by atoms with Crippen LogP contribution >= 0.6 is 23.1 Å². The molecule has 1 aromatic carbocycles. The zero-order valence-corrected chi connectivity index (χ0v) is 19.8. The third-order valence-electron chi connectivity index (χ3n) is 5.03. The predicted octanol–water partition coefficient (Wildman–Crippen LogP) is 2.65. The molecule has 9 heteroatoms. The Labute approximate surface area is 192 Å². The molecule has 1 aromatic heterocycles. The molecule has 2 aromatic rings. The summed E-state index contributed by atoms with van der Waals surface area (Å²) < 4.78 is 4.98. The van der Waals surface area contributed by atoms with Crippen molar-refractivity contribution in [3.05, 3.63) is 45.9 Å². The number of hydrogen-bond acceptors (Lipinski definition) is 7. The van der Waals surface area contributed by atoms with Crippen LogP contribution in [0.2, 0.25) is 0 Å². The van der Waals surface area contributed by atoms with Crippen LogP contribution < -0.4 is 5.32 Å². The number of amides is 2. The van der Waals surface area contributed by atoms with Gasteiger partial charge in [0.15, 0.2) is 0 Å². The van der Waals surface area contributed by atoms with Gasteiger partial charge in [0.05, 0.1) is 17.2 Å². The van der Waals surface area contributed by atoms with Crippen molar-refractivity contribution in [3.8, 4) is 0 Å². The number of aromatic nitrogens is 1. The van der Waals surface area contributed by atoms with E-state index in [1.54, 1.807) is 30.2 Å². The summed E-state index contributed by atoms with van der Waals surface area (Å²) >= 11 is 3.39. The van der Waals surface area contributed by atoms with E-state index in [-0.39, 0.29) is 11.8 Å². The fourth-order valence-electron chi connectivity index (χ4n) is 3.32. The average Bonchev–Trinajstić information content (AvgIpc) is 3.21. The number of methoxy groups -OCH3 is 1. The van der Waals surface area contributed by atoms with Gasteiger partial charge in [-0.2, -0.15) is 0 Å². The summed E-state index contributed by atoms with van der Waals surface area (Å²) in [5, 5.41) is 6.08. The molecule has 31 heavy (non-hydrogen) atoms. The number of hydrogen-bond donors (Lipinski definition) is 1. The Balaban J connectivity index is 1.40. The fraction of sp³-hybridized carbons (Fsp3) is 0.500. The number of rotatable bonds is 10. The summed E-state index contributed by atoms with van der Waals surface area (Å²) in [6.07, 6.45) is 0.812. The highest BCUT2D eigenvalue weighted by Crippen LogP contribution is 2.24. The molecule has 0 bridgehead atoms. The number of thiazole rings is 1. The van der Waals surface area contributed by atoms with Crippen LogP contribution in [-0.4, -0.2) is 79.6 Å². The van der Waals surface area contributed by atoms with Gasteiger partial charge in [-0.05, 0) is 37.6 Å². The second-order valence-corrected chi connectivity index (χ2v) is 9.55. The Morgan fingerprint density at radius 2 is 1.94 bits per heavy atom. The van der Waals surface area contributed by atoms with Gasteiger partial charge >= 0.3 is 0 Å².